The van der Waals surface area contributed by atoms with Crippen LogP contribution in [-0.4, -0.2) is 48.8 Å². The number of ether oxygens (including phenoxy) is 2. The first kappa shape index (κ1) is 7.37. The highest BCUT2D eigenvalue weighted by molar-refractivity contribution is 5.62. The number of hydrogen-bond acceptors (Lipinski definition) is 4. The van der Waals surface area contributed by atoms with E-state index in [1.807, 2.05) is 0 Å². The van der Waals surface area contributed by atoms with E-state index in [1.54, 1.807) is 6.07 Å². The Morgan fingerprint density at radius 3 is 3.32 bits per heavy atom. The van der Waals surface area contributed by atoms with Gasteiger partial charge in [0.1, 0.15) is 12.2 Å². The van der Waals surface area contributed by atoms with E-state index in [4.69, 9.17) is 19.1 Å². The molecule has 5 atom stereocenters. The molecule has 1 N–H and O–H groups in total. The summed E-state index contributed by atoms with van der Waals surface area (Å²) in [6.45, 7) is -2.27. The van der Waals surface area contributed by atoms with Gasteiger partial charge in [-0.2, -0.15) is 0 Å². The first-order valence-electron chi connectivity index (χ1n) is 11.4. The fourth-order valence-electron chi connectivity index (χ4n) is 4.69. The topological polar surface area (TPSA) is 41.9 Å². The fraction of sp³-hybridized carbons (Fsp3) is 0.556. The monoisotopic (exact) mass is 307 g/mol. The standard InChI is InChI=1S/C18H21NO3/c1-19-8-7-18-11-4-5-13(20)17(18)22-16-14(21-2)6-3-10(15(16)18)9-12(11)19/h3-6,11-13,17,20H,7-9H2,1-2H3/t11-,12+,13?,17?,18-/m0/s1/i1D3,2D3,11D,13D. The molecule has 2 aliphatic heterocycles. The number of piperidine rings is 1. The third-order valence-corrected chi connectivity index (χ3v) is 5.56. The zero-order valence-electron chi connectivity index (χ0n) is 19.8. The minimum Gasteiger partial charge on any atom is -0.493 e. The van der Waals surface area contributed by atoms with Crippen LogP contribution >= 0.6 is 0 Å². The molecule has 0 radical (unpaired) electrons. The molecule has 5 rings (SSSR count). The predicted molar refractivity (Wildman–Crippen MR) is 82.5 cm³/mol. The quantitative estimate of drug-likeness (QED) is 0.799. The second kappa shape index (κ2) is 4.06. The summed E-state index contributed by atoms with van der Waals surface area (Å²) in [6.07, 6.45) is -0.334. The summed E-state index contributed by atoms with van der Waals surface area (Å²) in [4.78, 5) is 1.34. The normalized spacial score (nSPS) is 54.2. The Morgan fingerprint density at radius 2 is 2.45 bits per heavy atom. The molecule has 1 fully saturated rings. The lowest BCUT2D eigenvalue weighted by Crippen LogP contribution is -2.64. The van der Waals surface area contributed by atoms with Crippen LogP contribution < -0.4 is 9.47 Å². The van der Waals surface area contributed by atoms with E-state index in [0.29, 0.717) is 5.56 Å². The van der Waals surface area contributed by atoms with Crippen LogP contribution in [0.3, 0.4) is 0 Å². The SMILES string of the molecule is [2H]C([2H])([2H])Oc1ccc2c3c1OC1C([2H])(O)C=C[C@@]4([2H])[C@@H](C2)N(C([2H])([2H])[2H])CC[C@]314. The lowest BCUT2D eigenvalue weighted by atomic mass is 9.53. The van der Waals surface area contributed by atoms with Gasteiger partial charge in [0.05, 0.1) is 12.5 Å². The van der Waals surface area contributed by atoms with E-state index in [9.17, 15) is 6.48 Å². The van der Waals surface area contributed by atoms with Gasteiger partial charge in [-0.15, -0.1) is 0 Å². The van der Waals surface area contributed by atoms with Crippen LogP contribution in [-0.2, 0) is 11.8 Å². The van der Waals surface area contributed by atoms with Crippen LogP contribution in [0.5, 0.6) is 11.5 Å². The average Bonchev–Trinajstić information content (AvgIpc) is 2.93. The van der Waals surface area contributed by atoms with Gasteiger partial charge in [-0.3, -0.25) is 0 Å². The van der Waals surface area contributed by atoms with E-state index in [0.717, 1.165) is 5.56 Å². The van der Waals surface area contributed by atoms with Crippen molar-refractivity contribution in [3.05, 3.63) is 35.4 Å². The second-order valence-electron chi connectivity index (χ2n) is 6.38. The number of rotatable bonds is 1. The van der Waals surface area contributed by atoms with Crippen molar-refractivity contribution < 1.29 is 25.5 Å². The third kappa shape index (κ3) is 1.28. The van der Waals surface area contributed by atoms with Crippen molar-refractivity contribution in [1.29, 1.82) is 0 Å². The molecule has 1 spiro atoms. The minimum atomic E-state index is -2.73. The van der Waals surface area contributed by atoms with Crippen molar-refractivity contribution in [2.24, 2.45) is 5.89 Å². The number of hydrogen-bond donors (Lipinski definition) is 1. The van der Waals surface area contributed by atoms with Gasteiger partial charge in [-0.25, -0.2) is 0 Å². The second-order valence-corrected chi connectivity index (χ2v) is 6.38. The van der Waals surface area contributed by atoms with Crippen LogP contribution in [0.1, 0.15) is 28.5 Å². The average molecular weight is 307 g/mol. The summed E-state index contributed by atoms with van der Waals surface area (Å²) < 4.78 is 75.1. The Balaban J connectivity index is 1.78. The smallest absolute Gasteiger partial charge is 0.165 e. The summed E-state index contributed by atoms with van der Waals surface area (Å²) in [7, 11) is -2.73. The number of likely N-dealkylation sites (N-methyl/N-ethyl adjacent to an activating group) is 1. The number of likely N-dealkylation sites (tertiary alicyclic amines) is 1. The zero-order valence-corrected chi connectivity index (χ0v) is 11.8. The zero-order chi connectivity index (χ0) is 21.9. The molecule has 1 aromatic carbocycles. The largest absolute Gasteiger partial charge is 0.493 e. The maximum absolute atomic E-state index is 10.8. The summed E-state index contributed by atoms with van der Waals surface area (Å²) in [5, 5.41) is 10.8. The first-order chi connectivity index (χ1) is 13.7. The maximum Gasteiger partial charge on any atom is 0.165 e. The number of methoxy groups -OCH3 is 1. The maximum atomic E-state index is 10.8. The Morgan fingerprint density at radius 1 is 1.50 bits per heavy atom. The van der Waals surface area contributed by atoms with Gasteiger partial charge in [-0.05, 0) is 38.0 Å². The molecule has 1 saturated heterocycles. The molecular formula is C18H21NO3. The van der Waals surface area contributed by atoms with Crippen LogP contribution in [0.25, 0.3) is 0 Å². The highest BCUT2D eigenvalue weighted by atomic mass is 16.5. The summed E-state index contributed by atoms with van der Waals surface area (Å²) in [5.74, 6) is -1.39. The van der Waals surface area contributed by atoms with Crippen LogP contribution in [0.15, 0.2) is 24.3 Å². The molecule has 1 aromatic rings. The Bertz CT molecular complexity index is 958. The molecule has 0 aromatic heterocycles. The molecule has 2 bridgehead atoms. The van der Waals surface area contributed by atoms with Gasteiger partial charge in [0.2, 0.25) is 0 Å². The predicted octanol–water partition coefficient (Wildman–Crippen LogP) is 1.50. The molecule has 22 heavy (non-hydrogen) atoms. The molecule has 2 aliphatic carbocycles. The fourth-order valence-corrected chi connectivity index (χ4v) is 4.69. The lowest BCUT2D eigenvalue weighted by Gasteiger charge is -2.56. The van der Waals surface area contributed by atoms with Crippen LogP contribution in [0.2, 0.25) is 0 Å². The van der Waals surface area contributed by atoms with Gasteiger partial charge in [0, 0.05) is 28.4 Å². The molecule has 2 heterocycles. The summed E-state index contributed by atoms with van der Waals surface area (Å²) in [6, 6.07) is 2.41. The summed E-state index contributed by atoms with van der Waals surface area (Å²) in [5.41, 5.74) is 0.0841. The van der Waals surface area contributed by atoms with E-state index in [2.05, 4.69) is 0 Å². The lowest BCUT2D eigenvalue weighted by molar-refractivity contribution is -0.0453. The molecule has 4 nitrogen and oxygen atoms in total. The molecule has 0 amide bonds. The van der Waals surface area contributed by atoms with Crippen molar-refractivity contribution in [3.8, 4) is 11.5 Å². The van der Waals surface area contributed by atoms with E-state index >= 15 is 0 Å². The Labute approximate surface area is 141 Å². The van der Waals surface area contributed by atoms with Crippen molar-refractivity contribution in [3.63, 3.8) is 0 Å². The highest BCUT2D eigenvalue weighted by Crippen LogP contribution is 2.62. The number of aliphatic hydroxyl groups is 1. The molecule has 2 unspecified atom stereocenters. The van der Waals surface area contributed by atoms with Gasteiger partial charge in [0.15, 0.2) is 11.5 Å². The molecule has 4 aliphatic rings. The van der Waals surface area contributed by atoms with E-state index < -0.39 is 43.5 Å². The van der Waals surface area contributed by atoms with Crippen molar-refractivity contribution in [1.82, 2.24) is 4.90 Å². The van der Waals surface area contributed by atoms with Gasteiger partial charge >= 0.3 is 0 Å². The number of nitrogens with zero attached hydrogens (tertiary/aromatic N) is 1. The van der Waals surface area contributed by atoms with E-state index in [1.165, 1.54) is 23.1 Å². The molecule has 0 saturated carbocycles. The van der Waals surface area contributed by atoms with Crippen molar-refractivity contribution in [2.75, 3.05) is 20.6 Å². The molecule has 116 valence electrons. The van der Waals surface area contributed by atoms with Gasteiger partial charge in [0.25, 0.3) is 0 Å². The van der Waals surface area contributed by atoms with E-state index in [-0.39, 0.29) is 30.9 Å². The Hall–Kier alpha value is -1.52. The minimum absolute atomic E-state index is 0.0348. The molecule has 4 heteroatoms. The van der Waals surface area contributed by atoms with Gasteiger partial charge < -0.3 is 19.5 Å². The van der Waals surface area contributed by atoms with Crippen LogP contribution in [0.4, 0.5) is 0 Å². The molecular weight excluding hydrogens is 278 g/mol. The highest BCUT2D eigenvalue weighted by Gasteiger charge is 2.64. The summed E-state index contributed by atoms with van der Waals surface area (Å²) >= 11 is 0. The van der Waals surface area contributed by atoms with Crippen LogP contribution in [0, 0.1) is 5.89 Å². The van der Waals surface area contributed by atoms with Crippen molar-refractivity contribution in [2.45, 2.75) is 36.5 Å². The Kier molecular flexibility index (Phi) is 1.36. The number of benzene rings is 1. The first-order valence-corrected chi connectivity index (χ1v) is 7.42. The van der Waals surface area contributed by atoms with Crippen molar-refractivity contribution >= 4 is 0 Å². The van der Waals surface area contributed by atoms with Gasteiger partial charge in [-0.1, -0.05) is 18.2 Å². The third-order valence-electron chi connectivity index (χ3n) is 5.56.